The quantitative estimate of drug-likeness (QED) is 0.902. The first-order chi connectivity index (χ1) is 10.4. The van der Waals surface area contributed by atoms with Crippen molar-refractivity contribution in [2.75, 3.05) is 18.9 Å². The molecule has 0 bridgehead atoms. The molecule has 0 radical (unpaired) electrons. The maximum absolute atomic E-state index is 12.1. The molecule has 118 valence electrons. The van der Waals surface area contributed by atoms with Gasteiger partial charge < -0.3 is 9.73 Å². The third kappa shape index (κ3) is 4.19. The highest BCUT2D eigenvalue weighted by Gasteiger charge is 2.19. The summed E-state index contributed by atoms with van der Waals surface area (Å²) in [6, 6.07) is 4.76. The topological polar surface area (TPSA) is 71.3 Å². The largest absolute Gasteiger partial charge is 0.424 e. The standard InChI is InChI=1S/C14H16Cl2N4O2/c1-8(14-19-18-9(2)22-14)20(3)7-13(21)17-10-4-5-11(15)12(16)6-10/h4-6,8H,7H2,1-3H3,(H,17,21)/t8-/m1/s1. The second-order valence-electron chi connectivity index (χ2n) is 4.93. The molecule has 6 nitrogen and oxygen atoms in total. The van der Waals surface area contributed by atoms with Gasteiger partial charge in [-0.1, -0.05) is 23.2 Å². The predicted molar refractivity (Wildman–Crippen MR) is 85.2 cm³/mol. The molecule has 1 amide bonds. The lowest BCUT2D eigenvalue weighted by Crippen LogP contribution is -2.32. The summed E-state index contributed by atoms with van der Waals surface area (Å²) in [7, 11) is 1.80. The normalized spacial score (nSPS) is 12.5. The first-order valence-electron chi connectivity index (χ1n) is 6.62. The van der Waals surface area contributed by atoms with Crippen LogP contribution >= 0.6 is 23.2 Å². The fourth-order valence-corrected chi connectivity index (χ4v) is 2.11. The average molecular weight is 343 g/mol. The minimum Gasteiger partial charge on any atom is -0.424 e. The highest BCUT2D eigenvalue weighted by atomic mass is 35.5. The minimum atomic E-state index is -0.177. The summed E-state index contributed by atoms with van der Waals surface area (Å²) in [5.74, 6) is 0.793. The number of hydrogen-bond acceptors (Lipinski definition) is 5. The Balaban J connectivity index is 1.94. The number of benzene rings is 1. The van der Waals surface area contributed by atoms with E-state index >= 15 is 0 Å². The number of carbonyl (C=O) groups excluding carboxylic acids is 1. The van der Waals surface area contributed by atoms with E-state index in [1.54, 1.807) is 37.1 Å². The van der Waals surface area contributed by atoms with Gasteiger partial charge in [0.05, 0.1) is 22.6 Å². The molecule has 2 rings (SSSR count). The maximum Gasteiger partial charge on any atom is 0.238 e. The molecule has 0 aliphatic heterocycles. The molecule has 1 atom stereocenters. The Labute approximate surface area is 138 Å². The maximum atomic E-state index is 12.1. The fourth-order valence-electron chi connectivity index (χ4n) is 1.81. The summed E-state index contributed by atoms with van der Waals surface area (Å²) in [5.41, 5.74) is 0.592. The van der Waals surface area contributed by atoms with Crippen LogP contribution in [0.15, 0.2) is 22.6 Å². The molecular weight excluding hydrogens is 327 g/mol. The van der Waals surface area contributed by atoms with Gasteiger partial charge in [0, 0.05) is 12.6 Å². The van der Waals surface area contributed by atoms with E-state index in [0.717, 1.165) is 0 Å². The molecule has 1 aromatic heterocycles. The summed E-state index contributed by atoms with van der Waals surface area (Å²) < 4.78 is 5.37. The molecular formula is C14H16Cl2N4O2. The number of amides is 1. The van der Waals surface area contributed by atoms with Gasteiger partial charge in [-0.15, -0.1) is 10.2 Å². The Kier molecular flexibility index (Phi) is 5.39. The van der Waals surface area contributed by atoms with E-state index in [4.69, 9.17) is 27.6 Å². The van der Waals surface area contributed by atoms with Crippen LogP contribution in [0.5, 0.6) is 0 Å². The second-order valence-corrected chi connectivity index (χ2v) is 5.74. The van der Waals surface area contributed by atoms with Gasteiger partial charge in [-0.25, -0.2) is 0 Å². The number of carbonyl (C=O) groups is 1. The van der Waals surface area contributed by atoms with E-state index in [1.807, 2.05) is 6.92 Å². The summed E-state index contributed by atoms with van der Waals surface area (Å²) in [4.78, 5) is 13.9. The summed E-state index contributed by atoms with van der Waals surface area (Å²) in [5, 5.41) is 11.3. The summed E-state index contributed by atoms with van der Waals surface area (Å²) >= 11 is 11.8. The number of hydrogen-bond donors (Lipinski definition) is 1. The van der Waals surface area contributed by atoms with Crippen LogP contribution < -0.4 is 5.32 Å². The zero-order valence-electron chi connectivity index (χ0n) is 12.4. The minimum absolute atomic E-state index is 0.166. The summed E-state index contributed by atoms with van der Waals surface area (Å²) in [6.45, 7) is 3.78. The lowest BCUT2D eigenvalue weighted by molar-refractivity contribution is -0.117. The third-order valence-corrected chi connectivity index (χ3v) is 3.90. The third-order valence-electron chi connectivity index (χ3n) is 3.16. The van der Waals surface area contributed by atoms with E-state index in [9.17, 15) is 4.79 Å². The van der Waals surface area contributed by atoms with Crippen molar-refractivity contribution >= 4 is 34.8 Å². The first-order valence-corrected chi connectivity index (χ1v) is 7.37. The van der Waals surface area contributed by atoms with Crippen LogP contribution in [0.25, 0.3) is 0 Å². The molecule has 0 unspecified atom stereocenters. The van der Waals surface area contributed by atoms with Crippen molar-refractivity contribution in [1.29, 1.82) is 0 Å². The number of rotatable bonds is 5. The number of likely N-dealkylation sites (N-methyl/N-ethyl adjacent to an activating group) is 1. The first kappa shape index (κ1) is 16.7. The van der Waals surface area contributed by atoms with Crippen molar-refractivity contribution in [2.45, 2.75) is 19.9 Å². The average Bonchev–Trinajstić information content (AvgIpc) is 2.88. The number of aryl methyl sites for hydroxylation is 1. The van der Waals surface area contributed by atoms with Crippen LogP contribution in [0.3, 0.4) is 0 Å². The molecule has 0 saturated carbocycles. The van der Waals surface area contributed by atoms with Crippen molar-refractivity contribution in [3.8, 4) is 0 Å². The number of halogens is 2. The molecule has 0 aliphatic rings. The molecule has 0 saturated heterocycles. The van der Waals surface area contributed by atoms with Crippen LogP contribution in [-0.4, -0.2) is 34.6 Å². The Morgan fingerprint density at radius 1 is 1.36 bits per heavy atom. The van der Waals surface area contributed by atoms with Crippen LogP contribution in [0.4, 0.5) is 5.69 Å². The van der Waals surface area contributed by atoms with E-state index in [0.29, 0.717) is 27.5 Å². The second kappa shape index (κ2) is 7.09. The van der Waals surface area contributed by atoms with E-state index in [1.165, 1.54) is 0 Å². The molecule has 1 heterocycles. The monoisotopic (exact) mass is 342 g/mol. The van der Waals surface area contributed by atoms with Crippen molar-refractivity contribution in [2.24, 2.45) is 0 Å². The van der Waals surface area contributed by atoms with Gasteiger partial charge in [0.1, 0.15) is 0 Å². The van der Waals surface area contributed by atoms with Crippen molar-refractivity contribution in [3.05, 3.63) is 40.0 Å². The Morgan fingerprint density at radius 3 is 2.68 bits per heavy atom. The van der Waals surface area contributed by atoms with Crippen molar-refractivity contribution < 1.29 is 9.21 Å². The van der Waals surface area contributed by atoms with Gasteiger partial charge >= 0.3 is 0 Å². The molecule has 22 heavy (non-hydrogen) atoms. The van der Waals surface area contributed by atoms with Crippen LogP contribution in [0.1, 0.15) is 24.7 Å². The van der Waals surface area contributed by atoms with E-state index < -0.39 is 0 Å². The molecule has 2 aromatic rings. The number of anilines is 1. The molecule has 0 aliphatic carbocycles. The highest BCUT2D eigenvalue weighted by molar-refractivity contribution is 6.42. The van der Waals surface area contributed by atoms with Gasteiger partial charge in [0.2, 0.25) is 17.7 Å². The lowest BCUT2D eigenvalue weighted by Gasteiger charge is -2.21. The SMILES string of the molecule is Cc1nnc([C@@H](C)N(C)CC(=O)Nc2ccc(Cl)c(Cl)c2)o1. The molecule has 0 spiro atoms. The molecule has 1 aromatic carbocycles. The Bertz CT molecular complexity index is 675. The van der Waals surface area contributed by atoms with Gasteiger partial charge in [-0.05, 0) is 32.2 Å². The smallest absolute Gasteiger partial charge is 0.238 e. The van der Waals surface area contributed by atoms with Crippen LogP contribution in [-0.2, 0) is 4.79 Å². The number of aromatic nitrogens is 2. The fraction of sp³-hybridized carbons (Fsp3) is 0.357. The Hall–Kier alpha value is -1.63. The molecule has 1 N–H and O–H groups in total. The van der Waals surface area contributed by atoms with Gasteiger partial charge in [0.15, 0.2) is 0 Å². The highest BCUT2D eigenvalue weighted by Crippen LogP contribution is 2.25. The Morgan fingerprint density at radius 2 is 2.09 bits per heavy atom. The zero-order chi connectivity index (χ0) is 16.3. The lowest BCUT2D eigenvalue weighted by atomic mass is 10.3. The van der Waals surface area contributed by atoms with Gasteiger partial charge in [0.25, 0.3) is 0 Å². The van der Waals surface area contributed by atoms with E-state index in [-0.39, 0.29) is 18.5 Å². The van der Waals surface area contributed by atoms with Crippen LogP contribution in [0.2, 0.25) is 10.0 Å². The number of nitrogens with one attached hydrogen (secondary N) is 1. The zero-order valence-corrected chi connectivity index (χ0v) is 13.9. The van der Waals surface area contributed by atoms with Gasteiger partial charge in [-0.2, -0.15) is 0 Å². The number of nitrogens with zero attached hydrogens (tertiary/aromatic N) is 3. The molecule has 8 heteroatoms. The van der Waals surface area contributed by atoms with Crippen LogP contribution in [0, 0.1) is 6.92 Å². The van der Waals surface area contributed by atoms with Crippen molar-refractivity contribution in [1.82, 2.24) is 15.1 Å². The van der Waals surface area contributed by atoms with Crippen molar-refractivity contribution in [3.63, 3.8) is 0 Å². The summed E-state index contributed by atoms with van der Waals surface area (Å²) in [6.07, 6.45) is 0. The molecule has 0 fully saturated rings. The van der Waals surface area contributed by atoms with E-state index in [2.05, 4.69) is 15.5 Å². The van der Waals surface area contributed by atoms with Gasteiger partial charge in [-0.3, -0.25) is 9.69 Å². The predicted octanol–water partition coefficient (Wildman–Crippen LogP) is 3.32.